The van der Waals surface area contributed by atoms with Crippen molar-refractivity contribution in [2.45, 2.75) is 57.8 Å². The van der Waals surface area contributed by atoms with Crippen molar-refractivity contribution >= 4 is 5.65 Å². The standard InChI is InChI=1S/C22H25N3O/c1-16-5-3-6-17(15-16)26-18-7-4-14-25-19(18)23-24-20(25)22-11-8-21(2,9-12-22)10-13-22/h3-7,14-15H,8-13H2,1-2H3. The Labute approximate surface area is 154 Å². The predicted molar refractivity (Wildman–Crippen MR) is 102 cm³/mol. The van der Waals surface area contributed by atoms with Crippen LogP contribution in [0.2, 0.25) is 0 Å². The average Bonchev–Trinajstić information content (AvgIpc) is 3.09. The summed E-state index contributed by atoms with van der Waals surface area (Å²) in [7, 11) is 0. The first-order chi connectivity index (χ1) is 12.6. The van der Waals surface area contributed by atoms with Gasteiger partial charge < -0.3 is 4.74 Å². The molecule has 6 rings (SSSR count). The van der Waals surface area contributed by atoms with Gasteiger partial charge in [-0.25, -0.2) is 0 Å². The molecule has 0 radical (unpaired) electrons. The van der Waals surface area contributed by atoms with Gasteiger partial charge in [0, 0.05) is 11.6 Å². The third kappa shape index (κ3) is 2.43. The Kier molecular flexibility index (Phi) is 3.40. The minimum Gasteiger partial charge on any atom is -0.453 e. The normalized spacial score (nSPS) is 27.8. The van der Waals surface area contributed by atoms with Crippen molar-refractivity contribution < 1.29 is 4.74 Å². The number of hydrogen-bond acceptors (Lipinski definition) is 3. The summed E-state index contributed by atoms with van der Waals surface area (Å²) in [5.41, 5.74) is 2.75. The maximum Gasteiger partial charge on any atom is 0.203 e. The zero-order chi connectivity index (χ0) is 17.8. The fourth-order valence-corrected chi connectivity index (χ4v) is 4.85. The molecule has 26 heavy (non-hydrogen) atoms. The van der Waals surface area contributed by atoms with Gasteiger partial charge in [-0.15, -0.1) is 10.2 Å². The van der Waals surface area contributed by atoms with E-state index >= 15 is 0 Å². The summed E-state index contributed by atoms with van der Waals surface area (Å²) in [6.45, 7) is 4.52. The van der Waals surface area contributed by atoms with Gasteiger partial charge in [0.25, 0.3) is 0 Å². The SMILES string of the molecule is Cc1cccc(Oc2cccn3c(C45CCC(C)(CC4)CC5)nnc23)c1. The summed E-state index contributed by atoms with van der Waals surface area (Å²) in [5.74, 6) is 2.74. The van der Waals surface area contributed by atoms with Crippen LogP contribution < -0.4 is 4.74 Å². The van der Waals surface area contributed by atoms with E-state index in [-0.39, 0.29) is 5.41 Å². The Balaban J connectivity index is 1.54. The van der Waals surface area contributed by atoms with Crippen LogP contribution >= 0.6 is 0 Å². The maximum absolute atomic E-state index is 6.14. The first kappa shape index (κ1) is 15.9. The zero-order valence-corrected chi connectivity index (χ0v) is 15.5. The molecule has 3 aliphatic rings. The Morgan fingerprint density at radius 2 is 1.73 bits per heavy atom. The number of nitrogens with zero attached hydrogens (tertiary/aromatic N) is 3. The van der Waals surface area contributed by atoms with E-state index in [4.69, 9.17) is 4.74 Å². The summed E-state index contributed by atoms with van der Waals surface area (Å²) in [6.07, 6.45) is 9.70. The van der Waals surface area contributed by atoms with Crippen LogP contribution in [-0.2, 0) is 5.41 Å². The van der Waals surface area contributed by atoms with E-state index in [0.29, 0.717) is 5.41 Å². The Morgan fingerprint density at radius 1 is 0.962 bits per heavy atom. The highest BCUT2D eigenvalue weighted by molar-refractivity contribution is 5.55. The van der Waals surface area contributed by atoms with Crippen molar-refractivity contribution in [3.63, 3.8) is 0 Å². The van der Waals surface area contributed by atoms with Crippen molar-refractivity contribution in [3.8, 4) is 11.5 Å². The molecule has 0 spiro atoms. The lowest BCUT2D eigenvalue weighted by molar-refractivity contribution is 0.0501. The van der Waals surface area contributed by atoms with Crippen LogP contribution in [0.15, 0.2) is 42.6 Å². The van der Waals surface area contributed by atoms with Gasteiger partial charge in [-0.1, -0.05) is 19.1 Å². The zero-order valence-electron chi connectivity index (χ0n) is 15.5. The van der Waals surface area contributed by atoms with Crippen molar-refractivity contribution in [1.29, 1.82) is 0 Å². The summed E-state index contributed by atoms with van der Waals surface area (Å²) in [6, 6.07) is 12.1. The van der Waals surface area contributed by atoms with Crippen LogP contribution in [0.5, 0.6) is 11.5 Å². The summed E-state index contributed by atoms with van der Waals surface area (Å²) in [4.78, 5) is 0. The van der Waals surface area contributed by atoms with E-state index in [0.717, 1.165) is 23.0 Å². The lowest BCUT2D eigenvalue weighted by Crippen LogP contribution is -2.43. The summed E-state index contributed by atoms with van der Waals surface area (Å²) in [5, 5.41) is 9.19. The van der Waals surface area contributed by atoms with Gasteiger partial charge in [0.2, 0.25) is 5.65 Å². The van der Waals surface area contributed by atoms with Crippen molar-refractivity contribution in [3.05, 3.63) is 54.0 Å². The molecule has 2 aromatic heterocycles. The van der Waals surface area contributed by atoms with E-state index in [2.05, 4.69) is 40.7 Å². The number of aromatic nitrogens is 3. The first-order valence-corrected chi connectivity index (χ1v) is 9.66. The fraction of sp³-hybridized carbons (Fsp3) is 0.455. The molecule has 0 N–H and O–H groups in total. The molecule has 2 heterocycles. The third-order valence-electron chi connectivity index (χ3n) is 6.71. The van der Waals surface area contributed by atoms with E-state index < -0.39 is 0 Å². The highest BCUT2D eigenvalue weighted by Gasteiger charge is 2.49. The maximum atomic E-state index is 6.14. The molecular formula is C22H25N3O. The van der Waals surface area contributed by atoms with Crippen LogP contribution in [0, 0.1) is 12.3 Å². The molecule has 3 aromatic rings. The van der Waals surface area contributed by atoms with Gasteiger partial charge in [-0.3, -0.25) is 4.40 Å². The van der Waals surface area contributed by atoms with Gasteiger partial charge in [0.15, 0.2) is 5.75 Å². The van der Waals surface area contributed by atoms with Gasteiger partial charge in [-0.05, 0) is 80.7 Å². The number of hydrogen-bond donors (Lipinski definition) is 0. The first-order valence-electron chi connectivity index (χ1n) is 9.66. The molecule has 0 unspecified atom stereocenters. The molecule has 0 amide bonds. The second-order valence-corrected chi connectivity index (χ2v) is 8.60. The lowest BCUT2D eigenvalue weighted by atomic mass is 9.54. The molecule has 2 bridgehead atoms. The smallest absolute Gasteiger partial charge is 0.203 e. The van der Waals surface area contributed by atoms with E-state index in [1.165, 1.54) is 44.1 Å². The summed E-state index contributed by atoms with van der Waals surface area (Å²) < 4.78 is 8.31. The lowest BCUT2D eigenvalue weighted by Gasteiger charge is -2.51. The van der Waals surface area contributed by atoms with Crippen molar-refractivity contribution in [1.82, 2.24) is 14.6 Å². The Hall–Kier alpha value is -2.36. The van der Waals surface area contributed by atoms with Crippen LogP contribution in [0.1, 0.15) is 56.8 Å². The fourth-order valence-electron chi connectivity index (χ4n) is 4.85. The Bertz CT molecular complexity index is 950. The number of aryl methyl sites for hydroxylation is 1. The van der Waals surface area contributed by atoms with Crippen LogP contribution in [0.25, 0.3) is 5.65 Å². The molecule has 3 fully saturated rings. The number of rotatable bonds is 3. The quantitative estimate of drug-likeness (QED) is 0.633. The van der Waals surface area contributed by atoms with Crippen molar-refractivity contribution in [2.24, 2.45) is 5.41 Å². The number of benzene rings is 1. The molecule has 4 heteroatoms. The molecule has 0 saturated heterocycles. The topological polar surface area (TPSA) is 39.4 Å². The molecule has 3 aliphatic carbocycles. The predicted octanol–water partition coefficient (Wildman–Crippen LogP) is 5.44. The molecule has 1 aromatic carbocycles. The van der Waals surface area contributed by atoms with Crippen molar-refractivity contribution in [2.75, 3.05) is 0 Å². The van der Waals surface area contributed by atoms with Crippen LogP contribution in [-0.4, -0.2) is 14.6 Å². The molecule has 3 saturated carbocycles. The number of pyridine rings is 1. The molecular weight excluding hydrogens is 322 g/mol. The van der Waals surface area contributed by atoms with E-state index in [1.807, 2.05) is 30.3 Å². The highest BCUT2D eigenvalue weighted by Crippen LogP contribution is 2.57. The summed E-state index contributed by atoms with van der Waals surface area (Å²) >= 11 is 0. The Morgan fingerprint density at radius 3 is 2.46 bits per heavy atom. The van der Waals surface area contributed by atoms with E-state index in [1.54, 1.807) is 0 Å². The number of ether oxygens (including phenoxy) is 1. The minimum atomic E-state index is 0.194. The third-order valence-corrected chi connectivity index (χ3v) is 6.71. The highest BCUT2D eigenvalue weighted by atomic mass is 16.5. The molecule has 134 valence electrons. The monoisotopic (exact) mass is 347 g/mol. The molecule has 4 nitrogen and oxygen atoms in total. The van der Waals surface area contributed by atoms with Gasteiger partial charge in [-0.2, -0.15) is 0 Å². The van der Waals surface area contributed by atoms with Gasteiger partial charge in [0.05, 0.1) is 0 Å². The van der Waals surface area contributed by atoms with Gasteiger partial charge >= 0.3 is 0 Å². The van der Waals surface area contributed by atoms with Crippen LogP contribution in [0.3, 0.4) is 0 Å². The second-order valence-electron chi connectivity index (χ2n) is 8.60. The van der Waals surface area contributed by atoms with E-state index in [9.17, 15) is 0 Å². The minimum absolute atomic E-state index is 0.194. The van der Waals surface area contributed by atoms with Crippen LogP contribution in [0.4, 0.5) is 0 Å². The molecule has 0 aliphatic heterocycles. The van der Waals surface area contributed by atoms with Gasteiger partial charge in [0.1, 0.15) is 11.6 Å². The second kappa shape index (κ2) is 5.57. The molecule has 0 atom stereocenters. The number of fused-ring (bicyclic) bond motifs is 4. The average molecular weight is 347 g/mol. The largest absolute Gasteiger partial charge is 0.453 e.